The summed E-state index contributed by atoms with van der Waals surface area (Å²) in [5, 5.41) is 0. The third kappa shape index (κ3) is 19.9. The Morgan fingerprint density at radius 2 is 0.700 bits per heavy atom. The van der Waals surface area contributed by atoms with E-state index in [4.69, 9.17) is 0 Å². The summed E-state index contributed by atoms with van der Waals surface area (Å²) in [4.78, 5) is 0. The molecule has 3 rings (SSSR count). The Morgan fingerprint density at radius 3 is 0.967 bits per heavy atom. The van der Waals surface area contributed by atoms with E-state index in [0.29, 0.717) is 0 Å². The Balaban J connectivity index is -0.000000332. The molecule has 186 valence electrons. The molecule has 0 aliphatic heterocycles. The van der Waals surface area contributed by atoms with Crippen LogP contribution in [0.3, 0.4) is 0 Å². The van der Waals surface area contributed by atoms with Gasteiger partial charge in [0, 0.05) is 0 Å². The molecule has 3 aliphatic rings. The molecule has 3 saturated carbocycles. The second-order valence-corrected chi connectivity index (χ2v) is 10.5. The van der Waals surface area contributed by atoms with Gasteiger partial charge in [-0.2, -0.15) is 0 Å². The Hall–Kier alpha value is 0. The van der Waals surface area contributed by atoms with Crippen molar-refractivity contribution in [2.24, 2.45) is 29.6 Å². The fraction of sp³-hybridized carbons (Fsp3) is 1.00. The third-order valence-corrected chi connectivity index (χ3v) is 7.32. The van der Waals surface area contributed by atoms with Gasteiger partial charge in [0.25, 0.3) is 0 Å². The van der Waals surface area contributed by atoms with Gasteiger partial charge in [0.1, 0.15) is 0 Å². The Morgan fingerprint density at radius 1 is 0.433 bits per heavy atom. The minimum atomic E-state index is 0. The van der Waals surface area contributed by atoms with Crippen LogP contribution >= 0.6 is 0 Å². The van der Waals surface area contributed by atoms with Gasteiger partial charge in [0.05, 0.1) is 0 Å². The molecule has 0 bridgehead atoms. The normalized spacial score (nSPS) is 28.5. The zero-order chi connectivity index (χ0) is 21.2. The van der Waals surface area contributed by atoms with E-state index >= 15 is 0 Å². The van der Waals surface area contributed by atoms with Crippen LogP contribution in [0, 0.1) is 29.6 Å². The molecule has 0 radical (unpaired) electrons. The van der Waals surface area contributed by atoms with Gasteiger partial charge in [-0.15, -0.1) is 0 Å². The lowest BCUT2D eigenvalue weighted by Crippen LogP contribution is -2.10. The van der Waals surface area contributed by atoms with Crippen LogP contribution in [0.15, 0.2) is 0 Å². The van der Waals surface area contributed by atoms with Crippen LogP contribution in [-0.2, 0) is 0 Å². The number of rotatable bonds is 2. The van der Waals surface area contributed by atoms with Crippen molar-refractivity contribution in [3.8, 4) is 0 Å². The Kier molecular flexibility index (Phi) is 27.3. The summed E-state index contributed by atoms with van der Waals surface area (Å²) < 4.78 is 0. The Bertz CT molecular complexity index is 275. The highest BCUT2D eigenvalue weighted by molar-refractivity contribution is 4.68. The van der Waals surface area contributed by atoms with E-state index in [-0.39, 0.29) is 14.9 Å². The molecule has 0 aromatic heterocycles. The van der Waals surface area contributed by atoms with Gasteiger partial charge in [0.2, 0.25) is 0 Å². The minimum absolute atomic E-state index is 0. The zero-order valence-electron chi connectivity index (χ0n) is 21.2. The summed E-state index contributed by atoms with van der Waals surface area (Å²) in [6.07, 6.45) is 23.4. The van der Waals surface area contributed by atoms with Crippen LogP contribution in [0.5, 0.6) is 0 Å². The molecule has 0 heteroatoms. The lowest BCUT2D eigenvalue weighted by atomic mass is 9.82. The standard InChI is InChI=1S/C9H18.2C8H16.C3H8.2CH4/c1-3-9-6-4-8(2)5-7-9;1-7-3-5-8(2)6-4-7;1-2-8-6-4-3-5-7-8;1-3-2;;/h8-9H,3-7H2,1-2H3;7-8H,3-6H2,1-2H3;8H,2-7H2,1H3;3H2,1-2H3;2*1H4. The molecular weight excluding hydrogens is 360 g/mol. The molecule has 0 spiro atoms. The predicted octanol–water partition coefficient (Wildman–Crippen LogP) is 11.7. The van der Waals surface area contributed by atoms with Gasteiger partial charge >= 0.3 is 0 Å². The van der Waals surface area contributed by atoms with E-state index in [1.807, 2.05) is 0 Å². The van der Waals surface area contributed by atoms with Crippen molar-refractivity contribution >= 4 is 0 Å². The maximum absolute atomic E-state index is 2.38. The first-order valence-corrected chi connectivity index (χ1v) is 13.5. The first-order chi connectivity index (χ1) is 13.5. The summed E-state index contributed by atoms with van der Waals surface area (Å²) in [5.74, 6) is 5.22. The maximum Gasteiger partial charge on any atom is -0.0417 e. The average Bonchev–Trinajstić information content (AvgIpc) is 2.73. The topological polar surface area (TPSA) is 0 Å². The molecular formula is C30H66. The van der Waals surface area contributed by atoms with Gasteiger partial charge in [-0.3, -0.25) is 0 Å². The third-order valence-electron chi connectivity index (χ3n) is 7.32. The highest BCUT2D eigenvalue weighted by atomic mass is 14.2. The fourth-order valence-corrected chi connectivity index (χ4v) is 4.76. The molecule has 3 fully saturated rings. The minimum Gasteiger partial charge on any atom is -0.0776 e. The van der Waals surface area contributed by atoms with Gasteiger partial charge < -0.3 is 0 Å². The van der Waals surface area contributed by atoms with Crippen molar-refractivity contribution in [2.75, 3.05) is 0 Å². The summed E-state index contributed by atoms with van der Waals surface area (Å²) in [6.45, 7) is 16.0. The summed E-state index contributed by atoms with van der Waals surface area (Å²) in [6, 6.07) is 0. The molecule has 0 atom stereocenters. The predicted molar refractivity (Wildman–Crippen MR) is 145 cm³/mol. The molecule has 0 heterocycles. The highest BCUT2D eigenvalue weighted by Gasteiger charge is 2.15. The van der Waals surface area contributed by atoms with Gasteiger partial charge in [-0.25, -0.2) is 0 Å². The largest absolute Gasteiger partial charge is 0.0776 e. The molecule has 0 unspecified atom stereocenters. The van der Waals surface area contributed by atoms with E-state index in [0.717, 1.165) is 29.6 Å². The van der Waals surface area contributed by atoms with Crippen molar-refractivity contribution < 1.29 is 0 Å². The first-order valence-electron chi connectivity index (χ1n) is 13.5. The second kappa shape index (κ2) is 23.7. The molecule has 3 aliphatic carbocycles. The van der Waals surface area contributed by atoms with E-state index in [1.54, 1.807) is 0 Å². The van der Waals surface area contributed by atoms with Gasteiger partial charge in [-0.05, 0) is 29.6 Å². The van der Waals surface area contributed by atoms with Crippen LogP contribution in [0.1, 0.15) is 166 Å². The van der Waals surface area contributed by atoms with Crippen LogP contribution < -0.4 is 0 Å². The van der Waals surface area contributed by atoms with Crippen LogP contribution in [0.4, 0.5) is 0 Å². The molecule has 0 aromatic rings. The second-order valence-electron chi connectivity index (χ2n) is 10.5. The van der Waals surface area contributed by atoms with E-state index in [9.17, 15) is 0 Å². The quantitative estimate of drug-likeness (QED) is 0.411. The average molecular weight is 427 g/mol. The van der Waals surface area contributed by atoms with Crippen LogP contribution in [0.2, 0.25) is 0 Å². The highest BCUT2D eigenvalue weighted by Crippen LogP contribution is 2.30. The molecule has 0 amide bonds. The molecule has 30 heavy (non-hydrogen) atoms. The van der Waals surface area contributed by atoms with E-state index < -0.39 is 0 Å². The van der Waals surface area contributed by atoms with Crippen molar-refractivity contribution in [1.82, 2.24) is 0 Å². The van der Waals surface area contributed by atoms with E-state index in [1.165, 1.54) is 103 Å². The van der Waals surface area contributed by atoms with Crippen LogP contribution in [-0.4, -0.2) is 0 Å². The lowest BCUT2D eigenvalue weighted by Gasteiger charge is -2.24. The summed E-state index contributed by atoms with van der Waals surface area (Å²) in [5.41, 5.74) is 0. The molecule has 0 aromatic carbocycles. The maximum atomic E-state index is 2.38. The first kappa shape index (κ1) is 34.6. The lowest BCUT2D eigenvalue weighted by molar-refractivity contribution is 0.284. The zero-order valence-corrected chi connectivity index (χ0v) is 21.2. The monoisotopic (exact) mass is 427 g/mol. The van der Waals surface area contributed by atoms with E-state index in [2.05, 4.69) is 48.5 Å². The molecule has 0 N–H and O–H groups in total. The van der Waals surface area contributed by atoms with Gasteiger partial charge in [-0.1, -0.05) is 166 Å². The number of hydrogen-bond acceptors (Lipinski definition) is 0. The van der Waals surface area contributed by atoms with Crippen LogP contribution in [0.25, 0.3) is 0 Å². The molecule has 0 nitrogen and oxygen atoms in total. The van der Waals surface area contributed by atoms with Gasteiger partial charge in [0.15, 0.2) is 0 Å². The Labute approximate surface area is 195 Å². The fourth-order valence-electron chi connectivity index (χ4n) is 4.76. The van der Waals surface area contributed by atoms with Crippen molar-refractivity contribution in [3.63, 3.8) is 0 Å². The summed E-state index contributed by atoms with van der Waals surface area (Å²) >= 11 is 0. The smallest absolute Gasteiger partial charge is 0.0417 e. The van der Waals surface area contributed by atoms with Crippen molar-refractivity contribution in [2.45, 2.75) is 166 Å². The SMILES string of the molecule is C.C.CC1CCC(C)CC1.CCC.CCC1CCC(C)CC1.CCC1CCCCC1. The van der Waals surface area contributed by atoms with Crippen molar-refractivity contribution in [3.05, 3.63) is 0 Å². The molecule has 0 saturated heterocycles. The van der Waals surface area contributed by atoms with Crippen molar-refractivity contribution in [1.29, 1.82) is 0 Å². The summed E-state index contributed by atoms with van der Waals surface area (Å²) in [7, 11) is 0. The number of hydrogen-bond donors (Lipinski definition) is 0.